The van der Waals surface area contributed by atoms with Crippen molar-refractivity contribution in [2.45, 2.75) is 38.6 Å². The van der Waals surface area contributed by atoms with E-state index in [4.69, 9.17) is 4.74 Å². The molecule has 3 saturated heterocycles. The zero-order valence-electron chi connectivity index (χ0n) is 16.9. The van der Waals surface area contributed by atoms with Crippen LogP contribution in [0.25, 0.3) is 0 Å². The summed E-state index contributed by atoms with van der Waals surface area (Å²) >= 11 is 0. The molecule has 0 aliphatic carbocycles. The van der Waals surface area contributed by atoms with Gasteiger partial charge in [0.15, 0.2) is 0 Å². The van der Waals surface area contributed by atoms with Crippen molar-refractivity contribution < 1.29 is 18.7 Å². The third kappa shape index (κ3) is 4.39. The molecule has 3 aliphatic heterocycles. The van der Waals surface area contributed by atoms with E-state index in [1.54, 1.807) is 17.0 Å². The molecule has 1 aromatic carbocycles. The zero-order valence-corrected chi connectivity index (χ0v) is 16.9. The highest BCUT2D eigenvalue weighted by molar-refractivity contribution is 5.83. The van der Waals surface area contributed by atoms with Crippen LogP contribution in [0.1, 0.15) is 37.7 Å². The third-order valence-electron chi connectivity index (χ3n) is 6.75. The van der Waals surface area contributed by atoms with E-state index in [1.165, 1.54) is 18.6 Å². The van der Waals surface area contributed by atoms with Crippen molar-refractivity contribution >= 4 is 11.9 Å². The van der Waals surface area contributed by atoms with Gasteiger partial charge in [0, 0.05) is 51.4 Å². The second-order valence-corrected chi connectivity index (χ2v) is 8.58. The molecular weight excluding hydrogens is 373 g/mol. The normalized spacial score (nSPS) is 24.0. The van der Waals surface area contributed by atoms with Gasteiger partial charge in [-0.05, 0) is 49.8 Å². The summed E-state index contributed by atoms with van der Waals surface area (Å²) in [6.07, 6.45) is 4.95. The van der Waals surface area contributed by atoms with Crippen LogP contribution in [0.4, 0.5) is 9.18 Å². The van der Waals surface area contributed by atoms with Crippen molar-refractivity contribution in [2.75, 3.05) is 39.4 Å². The quantitative estimate of drug-likeness (QED) is 0.844. The van der Waals surface area contributed by atoms with Gasteiger partial charge in [-0.25, -0.2) is 9.18 Å². The van der Waals surface area contributed by atoms with Gasteiger partial charge in [-0.15, -0.1) is 0 Å². The lowest BCUT2D eigenvalue weighted by molar-refractivity contribution is -0.141. The number of carbonyl (C=O) groups excluding carboxylic acids is 2. The molecule has 1 spiro atoms. The monoisotopic (exact) mass is 403 g/mol. The van der Waals surface area contributed by atoms with E-state index in [0.717, 1.165) is 44.3 Å². The Hall–Kier alpha value is -2.15. The maximum absolute atomic E-state index is 13.3. The molecule has 1 atom stereocenters. The topological polar surface area (TPSA) is 61.9 Å². The Kier molecular flexibility index (Phi) is 6.04. The summed E-state index contributed by atoms with van der Waals surface area (Å²) in [6, 6.07) is 5.96. The molecule has 3 aliphatic rings. The molecule has 7 heteroatoms. The van der Waals surface area contributed by atoms with Crippen LogP contribution in [0, 0.1) is 17.2 Å². The first kappa shape index (κ1) is 20.1. The summed E-state index contributed by atoms with van der Waals surface area (Å²) in [6.45, 7) is 4.36. The summed E-state index contributed by atoms with van der Waals surface area (Å²) in [4.78, 5) is 30.0. The van der Waals surface area contributed by atoms with E-state index >= 15 is 0 Å². The van der Waals surface area contributed by atoms with Crippen LogP contribution in [0.5, 0.6) is 0 Å². The lowest BCUT2D eigenvalue weighted by Crippen LogP contribution is -2.47. The number of halogens is 1. The number of amides is 3. The van der Waals surface area contributed by atoms with Gasteiger partial charge in [-0.2, -0.15) is 0 Å². The number of benzene rings is 1. The number of rotatable bonds is 3. The fourth-order valence-electron chi connectivity index (χ4n) is 4.97. The Labute approximate surface area is 171 Å². The van der Waals surface area contributed by atoms with E-state index in [1.807, 2.05) is 4.90 Å². The predicted molar refractivity (Wildman–Crippen MR) is 107 cm³/mol. The van der Waals surface area contributed by atoms with Gasteiger partial charge in [0.05, 0.1) is 5.92 Å². The summed E-state index contributed by atoms with van der Waals surface area (Å²) in [5.41, 5.74) is 0.667. The van der Waals surface area contributed by atoms with E-state index in [2.05, 4.69) is 5.32 Å². The SMILES string of the molecule is O=C(NCc1ccc(F)cc1)N1C[C@H](C(=O)N2CCCCC2)C2(CCOCC2)C1. The number of nitrogens with one attached hydrogen (secondary N) is 1. The number of hydrogen-bond acceptors (Lipinski definition) is 3. The fraction of sp³-hybridized carbons (Fsp3) is 0.636. The Morgan fingerprint density at radius 1 is 1.07 bits per heavy atom. The van der Waals surface area contributed by atoms with Crippen LogP contribution in [0.15, 0.2) is 24.3 Å². The average Bonchev–Trinajstić information content (AvgIpc) is 3.12. The van der Waals surface area contributed by atoms with E-state index < -0.39 is 0 Å². The Balaban J connectivity index is 1.43. The zero-order chi connectivity index (χ0) is 20.3. The Bertz CT molecular complexity index is 727. The van der Waals surface area contributed by atoms with Crippen LogP contribution in [0.2, 0.25) is 0 Å². The van der Waals surface area contributed by atoms with E-state index in [-0.39, 0.29) is 29.1 Å². The van der Waals surface area contributed by atoms with Crippen LogP contribution in [-0.4, -0.2) is 61.1 Å². The number of likely N-dealkylation sites (tertiary alicyclic amines) is 2. The van der Waals surface area contributed by atoms with Crippen LogP contribution < -0.4 is 5.32 Å². The largest absolute Gasteiger partial charge is 0.381 e. The molecule has 1 N–H and O–H groups in total. The minimum atomic E-state index is -0.292. The maximum atomic E-state index is 13.3. The number of carbonyl (C=O) groups is 2. The molecular formula is C22H30FN3O3. The Morgan fingerprint density at radius 2 is 1.76 bits per heavy atom. The van der Waals surface area contributed by atoms with Gasteiger partial charge in [0.25, 0.3) is 0 Å². The molecule has 3 fully saturated rings. The summed E-state index contributed by atoms with van der Waals surface area (Å²) < 4.78 is 18.6. The molecule has 1 aromatic rings. The smallest absolute Gasteiger partial charge is 0.317 e. The van der Waals surface area contributed by atoms with Crippen LogP contribution in [-0.2, 0) is 16.1 Å². The first-order chi connectivity index (χ1) is 14.1. The molecule has 3 amide bonds. The second kappa shape index (κ2) is 8.69. The molecule has 6 nitrogen and oxygen atoms in total. The van der Waals surface area contributed by atoms with Crippen molar-refractivity contribution in [1.82, 2.24) is 15.1 Å². The highest BCUT2D eigenvalue weighted by Gasteiger charge is 2.52. The summed E-state index contributed by atoms with van der Waals surface area (Å²) in [5, 5.41) is 2.93. The molecule has 29 heavy (non-hydrogen) atoms. The second-order valence-electron chi connectivity index (χ2n) is 8.58. The van der Waals surface area contributed by atoms with Crippen molar-refractivity contribution in [1.29, 1.82) is 0 Å². The lowest BCUT2D eigenvalue weighted by Gasteiger charge is -2.39. The standard InChI is InChI=1S/C22H30FN3O3/c23-18-6-4-17(5-7-18)14-24-21(28)26-15-19(20(27)25-10-2-1-3-11-25)22(16-26)8-12-29-13-9-22/h4-7,19H,1-3,8-16H2,(H,24,28)/t19-/m1/s1. The molecule has 0 aromatic heterocycles. The minimum absolute atomic E-state index is 0.152. The van der Waals surface area contributed by atoms with Crippen molar-refractivity contribution in [3.63, 3.8) is 0 Å². The van der Waals surface area contributed by atoms with Gasteiger partial charge in [0.2, 0.25) is 5.91 Å². The Morgan fingerprint density at radius 3 is 2.45 bits per heavy atom. The van der Waals surface area contributed by atoms with Gasteiger partial charge in [-0.3, -0.25) is 4.79 Å². The number of ether oxygens (including phenoxy) is 1. The molecule has 4 rings (SSSR count). The van der Waals surface area contributed by atoms with Crippen molar-refractivity contribution in [3.8, 4) is 0 Å². The van der Waals surface area contributed by atoms with Crippen LogP contribution in [0.3, 0.4) is 0 Å². The third-order valence-corrected chi connectivity index (χ3v) is 6.75. The lowest BCUT2D eigenvalue weighted by atomic mass is 9.71. The number of hydrogen-bond donors (Lipinski definition) is 1. The van der Waals surface area contributed by atoms with Crippen molar-refractivity contribution in [3.05, 3.63) is 35.6 Å². The molecule has 0 saturated carbocycles. The first-order valence-corrected chi connectivity index (χ1v) is 10.7. The van der Waals surface area contributed by atoms with Crippen molar-refractivity contribution in [2.24, 2.45) is 11.3 Å². The number of urea groups is 1. The predicted octanol–water partition coefficient (Wildman–Crippen LogP) is 2.78. The van der Waals surface area contributed by atoms with Gasteiger partial charge in [0.1, 0.15) is 5.82 Å². The molecule has 0 unspecified atom stereocenters. The average molecular weight is 403 g/mol. The molecule has 158 valence electrons. The van der Waals surface area contributed by atoms with Crippen LogP contribution >= 0.6 is 0 Å². The maximum Gasteiger partial charge on any atom is 0.317 e. The van der Waals surface area contributed by atoms with Gasteiger partial charge < -0.3 is 19.9 Å². The molecule has 3 heterocycles. The summed E-state index contributed by atoms with van der Waals surface area (Å²) in [5.74, 6) is -0.235. The minimum Gasteiger partial charge on any atom is -0.381 e. The van der Waals surface area contributed by atoms with Gasteiger partial charge in [-0.1, -0.05) is 12.1 Å². The summed E-state index contributed by atoms with van der Waals surface area (Å²) in [7, 11) is 0. The molecule has 0 bridgehead atoms. The number of piperidine rings is 1. The van der Waals surface area contributed by atoms with E-state index in [0.29, 0.717) is 32.8 Å². The highest BCUT2D eigenvalue weighted by atomic mass is 19.1. The highest BCUT2D eigenvalue weighted by Crippen LogP contribution is 2.45. The molecule has 0 radical (unpaired) electrons. The van der Waals surface area contributed by atoms with E-state index in [9.17, 15) is 14.0 Å². The van der Waals surface area contributed by atoms with Gasteiger partial charge >= 0.3 is 6.03 Å². The first-order valence-electron chi connectivity index (χ1n) is 10.7. The fourth-order valence-corrected chi connectivity index (χ4v) is 4.97. The number of nitrogens with zero attached hydrogens (tertiary/aromatic N) is 2.